The van der Waals surface area contributed by atoms with Crippen LogP contribution in [-0.4, -0.2) is 30.1 Å². The van der Waals surface area contributed by atoms with Gasteiger partial charge in [0.2, 0.25) is 0 Å². The predicted molar refractivity (Wildman–Crippen MR) is 64.3 cm³/mol. The van der Waals surface area contributed by atoms with E-state index in [9.17, 15) is 0 Å². The standard InChI is InChI=1S/C11H17N5/c1-3-4-7-16(2)11-8-10(13-6-5-12)14-9-15-11/h8-9H,3-4,6-7H2,1-2H3,(H,13,14,15). The minimum absolute atomic E-state index is 0.259. The van der Waals surface area contributed by atoms with Gasteiger partial charge in [0.15, 0.2) is 0 Å². The summed E-state index contributed by atoms with van der Waals surface area (Å²) in [4.78, 5) is 10.3. The molecule has 1 rings (SSSR count). The van der Waals surface area contributed by atoms with Crippen LogP contribution in [0, 0.1) is 11.3 Å². The molecule has 0 saturated carbocycles. The van der Waals surface area contributed by atoms with Crippen molar-refractivity contribution in [3.05, 3.63) is 12.4 Å². The molecule has 5 nitrogen and oxygen atoms in total. The highest BCUT2D eigenvalue weighted by Gasteiger charge is 2.03. The first-order chi connectivity index (χ1) is 7.77. The van der Waals surface area contributed by atoms with Crippen molar-refractivity contribution in [3.63, 3.8) is 0 Å². The van der Waals surface area contributed by atoms with Crippen LogP contribution in [0.5, 0.6) is 0 Å². The molecule has 0 unspecified atom stereocenters. The fourth-order valence-corrected chi connectivity index (χ4v) is 1.29. The number of nitrogens with one attached hydrogen (secondary N) is 1. The van der Waals surface area contributed by atoms with Crippen molar-refractivity contribution in [2.75, 3.05) is 30.4 Å². The lowest BCUT2D eigenvalue weighted by atomic mass is 10.3. The number of unbranched alkanes of at least 4 members (excludes halogenated alkanes) is 1. The molecule has 1 aromatic rings. The summed E-state index contributed by atoms with van der Waals surface area (Å²) in [5.41, 5.74) is 0. The molecule has 0 aliphatic carbocycles. The molecule has 0 fully saturated rings. The molecule has 0 aromatic carbocycles. The Kier molecular flexibility index (Phi) is 5.06. The van der Waals surface area contributed by atoms with Crippen LogP contribution in [-0.2, 0) is 0 Å². The maximum atomic E-state index is 8.46. The van der Waals surface area contributed by atoms with Crippen molar-refractivity contribution in [3.8, 4) is 6.07 Å². The number of rotatable bonds is 6. The summed E-state index contributed by atoms with van der Waals surface area (Å²) in [6, 6.07) is 3.87. The summed E-state index contributed by atoms with van der Waals surface area (Å²) in [6.07, 6.45) is 3.81. The molecular formula is C11H17N5. The number of aromatic nitrogens is 2. The van der Waals surface area contributed by atoms with Crippen molar-refractivity contribution in [2.24, 2.45) is 0 Å². The molecule has 86 valence electrons. The molecule has 5 heteroatoms. The van der Waals surface area contributed by atoms with Gasteiger partial charge in [0.05, 0.1) is 6.07 Å². The molecule has 0 aliphatic rings. The molecule has 16 heavy (non-hydrogen) atoms. The summed E-state index contributed by atoms with van der Waals surface area (Å²) in [7, 11) is 2.01. The Morgan fingerprint density at radius 2 is 2.31 bits per heavy atom. The lowest BCUT2D eigenvalue weighted by Crippen LogP contribution is -2.19. The number of hydrogen-bond donors (Lipinski definition) is 1. The molecule has 0 atom stereocenters. The van der Waals surface area contributed by atoms with E-state index in [1.807, 2.05) is 19.2 Å². The molecule has 1 aromatic heterocycles. The van der Waals surface area contributed by atoms with Gasteiger partial charge in [0.25, 0.3) is 0 Å². The zero-order valence-corrected chi connectivity index (χ0v) is 9.77. The molecule has 0 spiro atoms. The van der Waals surface area contributed by atoms with Gasteiger partial charge in [-0.25, -0.2) is 9.97 Å². The van der Waals surface area contributed by atoms with Gasteiger partial charge in [-0.2, -0.15) is 5.26 Å². The topological polar surface area (TPSA) is 64.8 Å². The first-order valence-electron chi connectivity index (χ1n) is 5.42. The summed E-state index contributed by atoms with van der Waals surface area (Å²) >= 11 is 0. The fourth-order valence-electron chi connectivity index (χ4n) is 1.29. The van der Waals surface area contributed by atoms with Gasteiger partial charge in [-0.1, -0.05) is 13.3 Å². The molecule has 0 bridgehead atoms. The Bertz CT molecular complexity index is 358. The van der Waals surface area contributed by atoms with E-state index in [2.05, 4.69) is 27.1 Å². The van der Waals surface area contributed by atoms with E-state index in [0.29, 0.717) is 5.82 Å². The molecular weight excluding hydrogens is 202 g/mol. The smallest absolute Gasteiger partial charge is 0.133 e. The maximum absolute atomic E-state index is 8.46. The molecule has 0 amide bonds. The normalized spacial score (nSPS) is 9.56. The van der Waals surface area contributed by atoms with E-state index in [4.69, 9.17) is 5.26 Å². The van der Waals surface area contributed by atoms with E-state index in [1.165, 1.54) is 6.33 Å². The average Bonchev–Trinajstić information content (AvgIpc) is 2.33. The predicted octanol–water partition coefficient (Wildman–Crippen LogP) is 1.65. The number of anilines is 2. The van der Waals surface area contributed by atoms with E-state index in [1.54, 1.807) is 0 Å². The third kappa shape index (κ3) is 3.73. The maximum Gasteiger partial charge on any atom is 0.133 e. The second kappa shape index (κ2) is 6.62. The fraction of sp³-hybridized carbons (Fsp3) is 0.545. The quantitative estimate of drug-likeness (QED) is 0.737. The highest BCUT2D eigenvalue weighted by atomic mass is 15.2. The van der Waals surface area contributed by atoms with E-state index in [-0.39, 0.29) is 6.54 Å². The zero-order chi connectivity index (χ0) is 11.8. The Balaban J connectivity index is 2.62. The van der Waals surface area contributed by atoms with E-state index in [0.717, 1.165) is 25.2 Å². The Hall–Kier alpha value is -1.83. The molecule has 0 aliphatic heterocycles. The van der Waals surface area contributed by atoms with Crippen molar-refractivity contribution in [2.45, 2.75) is 19.8 Å². The van der Waals surface area contributed by atoms with Crippen LogP contribution in [0.4, 0.5) is 11.6 Å². The Labute approximate surface area is 96.1 Å². The summed E-state index contributed by atoms with van der Waals surface area (Å²) in [5, 5.41) is 11.4. The van der Waals surface area contributed by atoms with Gasteiger partial charge < -0.3 is 10.2 Å². The number of hydrogen-bond acceptors (Lipinski definition) is 5. The van der Waals surface area contributed by atoms with Crippen LogP contribution in [0.2, 0.25) is 0 Å². The zero-order valence-electron chi connectivity index (χ0n) is 9.77. The van der Waals surface area contributed by atoms with Crippen LogP contribution in [0.3, 0.4) is 0 Å². The first-order valence-corrected chi connectivity index (χ1v) is 5.42. The van der Waals surface area contributed by atoms with Crippen molar-refractivity contribution >= 4 is 11.6 Å². The second-order valence-electron chi connectivity index (χ2n) is 3.55. The average molecular weight is 219 g/mol. The molecule has 0 radical (unpaired) electrons. The minimum Gasteiger partial charge on any atom is -0.360 e. The second-order valence-corrected chi connectivity index (χ2v) is 3.55. The Morgan fingerprint density at radius 3 is 3.00 bits per heavy atom. The lowest BCUT2D eigenvalue weighted by Gasteiger charge is -2.17. The van der Waals surface area contributed by atoms with E-state index >= 15 is 0 Å². The monoisotopic (exact) mass is 219 g/mol. The van der Waals surface area contributed by atoms with Crippen LogP contribution in [0.25, 0.3) is 0 Å². The van der Waals surface area contributed by atoms with Gasteiger partial charge in [0.1, 0.15) is 24.5 Å². The van der Waals surface area contributed by atoms with Crippen LogP contribution in [0.15, 0.2) is 12.4 Å². The van der Waals surface area contributed by atoms with Gasteiger partial charge in [-0.15, -0.1) is 0 Å². The molecule has 1 heterocycles. The summed E-state index contributed by atoms with van der Waals surface area (Å²) in [5.74, 6) is 1.57. The SMILES string of the molecule is CCCCN(C)c1cc(NCC#N)ncn1. The number of nitriles is 1. The van der Waals surface area contributed by atoms with Crippen LogP contribution in [0.1, 0.15) is 19.8 Å². The van der Waals surface area contributed by atoms with Gasteiger partial charge >= 0.3 is 0 Å². The third-order valence-electron chi connectivity index (χ3n) is 2.24. The largest absolute Gasteiger partial charge is 0.360 e. The summed E-state index contributed by atoms with van der Waals surface area (Å²) in [6.45, 7) is 3.40. The van der Waals surface area contributed by atoms with E-state index < -0.39 is 0 Å². The van der Waals surface area contributed by atoms with Gasteiger partial charge in [-0.05, 0) is 6.42 Å². The highest BCUT2D eigenvalue weighted by molar-refractivity contribution is 5.48. The highest BCUT2D eigenvalue weighted by Crippen LogP contribution is 2.12. The first kappa shape index (κ1) is 12.2. The lowest BCUT2D eigenvalue weighted by molar-refractivity contribution is 0.758. The van der Waals surface area contributed by atoms with Crippen molar-refractivity contribution in [1.29, 1.82) is 5.26 Å². The van der Waals surface area contributed by atoms with Crippen LogP contribution >= 0.6 is 0 Å². The van der Waals surface area contributed by atoms with Crippen molar-refractivity contribution < 1.29 is 0 Å². The molecule has 0 saturated heterocycles. The van der Waals surface area contributed by atoms with Gasteiger partial charge in [-0.3, -0.25) is 0 Å². The number of nitrogens with zero attached hydrogens (tertiary/aromatic N) is 4. The van der Waals surface area contributed by atoms with Crippen molar-refractivity contribution in [1.82, 2.24) is 9.97 Å². The minimum atomic E-state index is 0.259. The third-order valence-corrected chi connectivity index (χ3v) is 2.24. The molecule has 1 N–H and O–H groups in total. The Morgan fingerprint density at radius 1 is 1.50 bits per heavy atom. The van der Waals surface area contributed by atoms with Crippen LogP contribution < -0.4 is 10.2 Å². The summed E-state index contributed by atoms with van der Waals surface area (Å²) < 4.78 is 0. The van der Waals surface area contributed by atoms with Gasteiger partial charge in [0, 0.05) is 19.7 Å².